The maximum Gasteiger partial charge on any atom is 0.356 e. The topological polar surface area (TPSA) is 39.2 Å². The summed E-state index contributed by atoms with van der Waals surface area (Å²) in [6.45, 7) is 1.85. The van der Waals surface area contributed by atoms with Gasteiger partial charge in [0.2, 0.25) is 0 Å². The highest BCUT2D eigenvalue weighted by molar-refractivity contribution is 6.17. The molecule has 0 spiro atoms. The molecule has 6 heteroatoms. The fourth-order valence-electron chi connectivity index (χ4n) is 1.14. The number of aromatic nitrogens is 1. The third-order valence-electron chi connectivity index (χ3n) is 1.89. The second-order valence-electron chi connectivity index (χ2n) is 2.92. The number of ether oxygens (including phenoxy) is 1. The molecule has 0 N–H and O–H groups in total. The van der Waals surface area contributed by atoms with E-state index in [1.165, 1.54) is 6.07 Å². The number of alkyl halides is 3. The average molecular weight is 250 g/mol. The van der Waals surface area contributed by atoms with E-state index in [0.717, 1.165) is 6.20 Å². The Morgan fingerprint density at radius 2 is 2.31 bits per heavy atom. The molecule has 0 amide bonds. The fraction of sp³-hybridized carbons (Fsp3) is 0.400. The summed E-state index contributed by atoms with van der Waals surface area (Å²) in [5.41, 5.74) is -0.0836. The minimum Gasteiger partial charge on any atom is -0.461 e. The van der Waals surface area contributed by atoms with E-state index < -0.39 is 12.4 Å². The van der Waals surface area contributed by atoms with Crippen molar-refractivity contribution < 1.29 is 18.3 Å². The van der Waals surface area contributed by atoms with Gasteiger partial charge in [-0.3, -0.25) is 0 Å². The molecule has 3 nitrogen and oxygen atoms in total. The lowest BCUT2D eigenvalue weighted by molar-refractivity contribution is 0.0518. The SMILES string of the molecule is CCOC(=O)c1cc(CCl)c(C(F)F)cn1. The van der Waals surface area contributed by atoms with Gasteiger partial charge in [0.1, 0.15) is 5.69 Å². The van der Waals surface area contributed by atoms with Crippen molar-refractivity contribution in [2.75, 3.05) is 6.61 Å². The Labute approximate surface area is 96.4 Å². The Morgan fingerprint density at radius 1 is 1.62 bits per heavy atom. The lowest BCUT2D eigenvalue weighted by Gasteiger charge is -2.07. The van der Waals surface area contributed by atoms with E-state index in [2.05, 4.69) is 4.98 Å². The number of carbonyl (C=O) groups excluding carboxylic acids is 1. The van der Waals surface area contributed by atoms with Crippen LogP contribution < -0.4 is 0 Å². The Kier molecular flexibility index (Phi) is 4.61. The molecule has 88 valence electrons. The monoisotopic (exact) mass is 249 g/mol. The first-order valence-electron chi connectivity index (χ1n) is 4.60. The van der Waals surface area contributed by atoms with Crippen LogP contribution in [0.2, 0.25) is 0 Å². The van der Waals surface area contributed by atoms with E-state index >= 15 is 0 Å². The molecule has 0 aromatic carbocycles. The second kappa shape index (κ2) is 5.75. The molecular formula is C10H10ClF2NO2. The van der Waals surface area contributed by atoms with Crippen molar-refractivity contribution in [3.63, 3.8) is 0 Å². The number of esters is 1. The third-order valence-corrected chi connectivity index (χ3v) is 2.18. The summed E-state index contributed by atoms with van der Waals surface area (Å²) in [7, 11) is 0. The van der Waals surface area contributed by atoms with Gasteiger partial charge in [-0.1, -0.05) is 0 Å². The fourth-order valence-corrected chi connectivity index (χ4v) is 1.37. The van der Waals surface area contributed by atoms with Crippen molar-refractivity contribution in [2.24, 2.45) is 0 Å². The highest BCUT2D eigenvalue weighted by Crippen LogP contribution is 2.24. The van der Waals surface area contributed by atoms with Gasteiger partial charge >= 0.3 is 5.97 Å². The maximum atomic E-state index is 12.5. The molecule has 0 radical (unpaired) electrons. The van der Waals surface area contributed by atoms with Crippen LogP contribution in [0.4, 0.5) is 8.78 Å². The van der Waals surface area contributed by atoms with E-state index in [4.69, 9.17) is 16.3 Å². The van der Waals surface area contributed by atoms with Crippen LogP contribution in [0.1, 0.15) is 35.0 Å². The Hall–Kier alpha value is -1.23. The quantitative estimate of drug-likeness (QED) is 0.608. The summed E-state index contributed by atoms with van der Waals surface area (Å²) in [6, 6.07) is 1.23. The zero-order chi connectivity index (χ0) is 12.1. The first-order chi connectivity index (χ1) is 7.60. The van der Waals surface area contributed by atoms with Crippen molar-refractivity contribution in [3.05, 3.63) is 29.1 Å². The molecule has 0 aliphatic carbocycles. The van der Waals surface area contributed by atoms with Crippen LogP contribution in [0.5, 0.6) is 0 Å². The number of hydrogen-bond donors (Lipinski definition) is 0. The third kappa shape index (κ3) is 2.88. The minimum absolute atomic E-state index is 0.0121. The van der Waals surface area contributed by atoms with E-state index in [9.17, 15) is 13.6 Å². The lowest BCUT2D eigenvalue weighted by Crippen LogP contribution is -2.08. The maximum absolute atomic E-state index is 12.5. The van der Waals surface area contributed by atoms with Crippen LogP contribution in [0, 0.1) is 0 Å². The van der Waals surface area contributed by atoms with Crippen molar-refractivity contribution >= 4 is 17.6 Å². The zero-order valence-corrected chi connectivity index (χ0v) is 9.30. The Morgan fingerprint density at radius 3 is 2.81 bits per heavy atom. The number of pyridine rings is 1. The van der Waals surface area contributed by atoms with Crippen LogP contribution in [-0.2, 0) is 10.6 Å². The predicted molar refractivity (Wildman–Crippen MR) is 54.7 cm³/mol. The number of nitrogens with zero attached hydrogens (tertiary/aromatic N) is 1. The number of hydrogen-bond acceptors (Lipinski definition) is 3. The molecule has 0 fully saturated rings. The molecular weight excluding hydrogens is 240 g/mol. The molecule has 0 aliphatic heterocycles. The van der Waals surface area contributed by atoms with E-state index in [1.807, 2.05) is 0 Å². The van der Waals surface area contributed by atoms with Crippen molar-refractivity contribution in [1.82, 2.24) is 4.98 Å². The molecule has 0 unspecified atom stereocenters. The highest BCUT2D eigenvalue weighted by Gasteiger charge is 2.16. The smallest absolute Gasteiger partial charge is 0.356 e. The van der Waals surface area contributed by atoms with E-state index in [1.54, 1.807) is 6.92 Å². The van der Waals surface area contributed by atoms with Gasteiger partial charge in [0.15, 0.2) is 0 Å². The van der Waals surface area contributed by atoms with Gasteiger partial charge in [-0.2, -0.15) is 0 Å². The summed E-state index contributed by atoms with van der Waals surface area (Å²) >= 11 is 5.52. The number of rotatable bonds is 4. The summed E-state index contributed by atoms with van der Waals surface area (Å²) < 4.78 is 29.7. The van der Waals surface area contributed by atoms with Crippen LogP contribution in [0.3, 0.4) is 0 Å². The highest BCUT2D eigenvalue weighted by atomic mass is 35.5. The van der Waals surface area contributed by atoms with Gasteiger partial charge in [0.05, 0.1) is 6.61 Å². The standard InChI is InChI=1S/C10H10ClF2NO2/c1-2-16-10(15)8-3-6(4-11)7(5-14-8)9(12)13/h3,5,9H,2,4H2,1H3. The van der Waals surface area contributed by atoms with Gasteiger partial charge in [-0.15, -0.1) is 11.6 Å². The second-order valence-corrected chi connectivity index (χ2v) is 3.19. The van der Waals surface area contributed by atoms with Gasteiger partial charge in [-0.05, 0) is 18.6 Å². The van der Waals surface area contributed by atoms with Crippen molar-refractivity contribution in [2.45, 2.75) is 19.2 Å². The predicted octanol–water partition coefficient (Wildman–Crippen LogP) is 2.93. The van der Waals surface area contributed by atoms with Crippen LogP contribution in [0.15, 0.2) is 12.3 Å². The molecule has 0 atom stereocenters. The van der Waals surface area contributed by atoms with Crippen LogP contribution >= 0.6 is 11.6 Å². The van der Waals surface area contributed by atoms with Gasteiger partial charge in [-0.25, -0.2) is 18.6 Å². The van der Waals surface area contributed by atoms with Gasteiger partial charge in [0.25, 0.3) is 6.43 Å². The molecule has 0 bridgehead atoms. The van der Waals surface area contributed by atoms with E-state index in [-0.39, 0.29) is 29.3 Å². The van der Waals surface area contributed by atoms with Gasteiger partial charge < -0.3 is 4.74 Å². The molecule has 1 heterocycles. The molecule has 1 aromatic heterocycles. The zero-order valence-electron chi connectivity index (χ0n) is 8.54. The summed E-state index contributed by atoms with van der Waals surface area (Å²) in [5.74, 6) is -0.746. The number of halogens is 3. The summed E-state index contributed by atoms with van der Waals surface area (Å²) in [6.07, 6.45) is -1.70. The lowest BCUT2D eigenvalue weighted by atomic mass is 10.1. The van der Waals surface area contributed by atoms with Crippen LogP contribution in [0.25, 0.3) is 0 Å². The first-order valence-corrected chi connectivity index (χ1v) is 5.13. The molecule has 1 rings (SSSR count). The normalized spacial score (nSPS) is 10.6. The Balaban J connectivity index is 3.04. The molecule has 0 aliphatic rings. The Bertz CT molecular complexity index is 385. The van der Waals surface area contributed by atoms with Gasteiger partial charge in [0, 0.05) is 17.6 Å². The first kappa shape index (κ1) is 12.8. The molecule has 0 saturated heterocycles. The molecule has 0 saturated carbocycles. The largest absolute Gasteiger partial charge is 0.461 e. The van der Waals surface area contributed by atoms with Crippen molar-refractivity contribution in [3.8, 4) is 0 Å². The van der Waals surface area contributed by atoms with Crippen molar-refractivity contribution in [1.29, 1.82) is 0 Å². The minimum atomic E-state index is -2.66. The van der Waals surface area contributed by atoms with E-state index in [0.29, 0.717) is 0 Å². The summed E-state index contributed by atoms with van der Waals surface area (Å²) in [5, 5.41) is 0. The van der Waals surface area contributed by atoms with Crippen LogP contribution in [-0.4, -0.2) is 17.6 Å². The molecule has 16 heavy (non-hydrogen) atoms. The average Bonchev–Trinajstić information content (AvgIpc) is 2.28. The number of carbonyl (C=O) groups is 1. The summed E-state index contributed by atoms with van der Waals surface area (Å²) in [4.78, 5) is 14.9. The molecule has 1 aromatic rings.